The number of benzene rings is 1. The van der Waals surface area contributed by atoms with Crippen LogP contribution in [0.4, 0.5) is 16.2 Å². The van der Waals surface area contributed by atoms with Crippen LogP contribution >= 0.6 is 0 Å². The second kappa shape index (κ2) is 7.46. The number of carbonyl (C=O) groups excluding carboxylic acids is 4. The summed E-state index contributed by atoms with van der Waals surface area (Å²) in [6.07, 6.45) is 0. The van der Waals surface area contributed by atoms with E-state index in [0.717, 1.165) is 4.90 Å². The van der Waals surface area contributed by atoms with Crippen LogP contribution in [0.25, 0.3) is 0 Å². The summed E-state index contributed by atoms with van der Waals surface area (Å²) in [5.74, 6) is -1.50. The molecule has 0 aromatic heterocycles. The summed E-state index contributed by atoms with van der Waals surface area (Å²) < 4.78 is 4.73. The number of urea groups is 1. The summed E-state index contributed by atoms with van der Waals surface area (Å²) in [7, 11) is 1.21. The van der Waals surface area contributed by atoms with Crippen molar-refractivity contribution in [3.8, 4) is 0 Å². The van der Waals surface area contributed by atoms with Gasteiger partial charge in [-0.3, -0.25) is 9.59 Å². The molecule has 1 aromatic rings. The molecule has 1 aromatic carbocycles. The van der Waals surface area contributed by atoms with E-state index >= 15 is 0 Å². The second-order valence-electron chi connectivity index (χ2n) is 5.86. The third kappa shape index (κ3) is 3.47. The van der Waals surface area contributed by atoms with Crippen molar-refractivity contribution in [1.82, 2.24) is 10.2 Å². The van der Waals surface area contributed by atoms with Crippen LogP contribution in [0.15, 0.2) is 35.5 Å². The summed E-state index contributed by atoms with van der Waals surface area (Å²) in [4.78, 5) is 50.5. The molecule has 2 aliphatic rings. The molecular weight excluding hydrogens is 356 g/mol. The Hall–Kier alpha value is -3.40. The lowest BCUT2D eigenvalue weighted by Crippen LogP contribution is -2.31. The SMILES string of the molecule is COC(=O)C1=C(Nc2cccc(N3C(=O)CNC3=O)c2)C(=O)N(CCO)C1. The summed E-state index contributed by atoms with van der Waals surface area (Å²) in [5, 5.41) is 14.4. The van der Waals surface area contributed by atoms with Crippen LogP contribution < -0.4 is 15.5 Å². The van der Waals surface area contributed by atoms with E-state index in [-0.39, 0.29) is 37.5 Å². The Morgan fingerprint density at radius 1 is 1.33 bits per heavy atom. The molecule has 0 unspecified atom stereocenters. The van der Waals surface area contributed by atoms with Crippen LogP contribution in [0, 0.1) is 0 Å². The standard InChI is InChI=1S/C17H18N4O6/c1-27-16(25)12-9-20(5-6-22)15(24)14(12)19-10-3-2-4-11(7-10)21-13(23)8-18-17(21)26/h2-4,7,19,22H,5-6,8-9H2,1H3,(H,18,26). The number of ether oxygens (including phenoxy) is 1. The molecule has 142 valence electrons. The lowest BCUT2D eigenvalue weighted by atomic mass is 10.2. The molecule has 0 spiro atoms. The molecular formula is C17H18N4O6. The maximum absolute atomic E-state index is 12.5. The molecule has 0 aliphatic carbocycles. The summed E-state index contributed by atoms with van der Waals surface area (Å²) in [6, 6.07) is 5.81. The summed E-state index contributed by atoms with van der Waals surface area (Å²) >= 11 is 0. The third-order valence-corrected chi connectivity index (χ3v) is 4.17. The molecule has 0 radical (unpaired) electrons. The van der Waals surface area contributed by atoms with E-state index in [0.29, 0.717) is 11.4 Å². The Morgan fingerprint density at radius 3 is 2.74 bits per heavy atom. The number of hydrogen-bond acceptors (Lipinski definition) is 7. The monoisotopic (exact) mass is 374 g/mol. The molecule has 1 saturated heterocycles. The normalized spacial score (nSPS) is 16.9. The lowest BCUT2D eigenvalue weighted by molar-refractivity contribution is -0.136. The number of esters is 1. The highest BCUT2D eigenvalue weighted by atomic mass is 16.5. The van der Waals surface area contributed by atoms with E-state index in [1.54, 1.807) is 18.2 Å². The van der Waals surface area contributed by atoms with Gasteiger partial charge in [-0.05, 0) is 18.2 Å². The Labute approximate surface area is 154 Å². The van der Waals surface area contributed by atoms with Crippen LogP contribution in [0.3, 0.4) is 0 Å². The van der Waals surface area contributed by atoms with Gasteiger partial charge in [-0.2, -0.15) is 0 Å². The molecule has 3 N–H and O–H groups in total. The quantitative estimate of drug-likeness (QED) is 0.449. The number of aliphatic hydroxyl groups is 1. The molecule has 4 amide bonds. The first-order valence-corrected chi connectivity index (χ1v) is 8.15. The van der Waals surface area contributed by atoms with Gasteiger partial charge in [-0.15, -0.1) is 0 Å². The number of nitrogens with zero attached hydrogens (tertiary/aromatic N) is 2. The molecule has 1 fully saturated rings. The van der Waals surface area contributed by atoms with Crippen LogP contribution in [-0.2, 0) is 19.1 Å². The van der Waals surface area contributed by atoms with Gasteiger partial charge in [0.2, 0.25) is 0 Å². The van der Waals surface area contributed by atoms with Gasteiger partial charge in [0.1, 0.15) is 5.70 Å². The smallest absolute Gasteiger partial charge is 0.337 e. The zero-order valence-electron chi connectivity index (χ0n) is 14.5. The van der Waals surface area contributed by atoms with Gasteiger partial charge in [0.15, 0.2) is 0 Å². The minimum Gasteiger partial charge on any atom is -0.466 e. The van der Waals surface area contributed by atoms with Crippen LogP contribution in [0.1, 0.15) is 0 Å². The Kier molecular flexibility index (Phi) is 5.08. The number of imide groups is 1. The number of methoxy groups -OCH3 is 1. The van der Waals surface area contributed by atoms with Crippen molar-refractivity contribution < 1.29 is 29.0 Å². The van der Waals surface area contributed by atoms with Crippen molar-refractivity contribution in [2.75, 3.05) is 43.6 Å². The average Bonchev–Trinajstić information content (AvgIpc) is 3.15. The van der Waals surface area contributed by atoms with E-state index < -0.39 is 23.8 Å². The first-order chi connectivity index (χ1) is 13.0. The fourth-order valence-corrected chi connectivity index (χ4v) is 2.90. The van der Waals surface area contributed by atoms with Crippen molar-refractivity contribution in [2.24, 2.45) is 0 Å². The number of anilines is 2. The maximum atomic E-state index is 12.5. The zero-order valence-corrected chi connectivity index (χ0v) is 14.5. The van der Waals surface area contributed by atoms with Crippen molar-refractivity contribution in [3.63, 3.8) is 0 Å². The minimum atomic E-state index is -0.656. The van der Waals surface area contributed by atoms with Gasteiger partial charge in [0.25, 0.3) is 11.8 Å². The first kappa shape index (κ1) is 18.4. The Morgan fingerprint density at radius 2 is 2.11 bits per heavy atom. The van der Waals surface area contributed by atoms with Crippen LogP contribution in [-0.4, -0.2) is 67.2 Å². The molecule has 3 rings (SSSR count). The molecule has 0 saturated carbocycles. The average molecular weight is 374 g/mol. The van der Waals surface area contributed by atoms with Gasteiger partial charge in [0.05, 0.1) is 38.1 Å². The fourth-order valence-electron chi connectivity index (χ4n) is 2.90. The Balaban J connectivity index is 1.89. The van der Waals surface area contributed by atoms with Crippen LogP contribution in [0.2, 0.25) is 0 Å². The molecule has 2 aliphatic heterocycles. The van der Waals surface area contributed by atoms with E-state index in [4.69, 9.17) is 9.84 Å². The van der Waals surface area contributed by atoms with E-state index in [2.05, 4.69) is 10.6 Å². The molecule has 10 nitrogen and oxygen atoms in total. The third-order valence-electron chi connectivity index (χ3n) is 4.17. The molecule has 10 heteroatoms. The lowest BCUT2D eigenvalue weighted by Gasteiger charge is -2.16. The topological polar surface area (TPSA) is 128 Å². The highest BCUT2D eigenvalue weighted by Gasteiger charge is 2.35. The maximum Gasteiger partial charge on any atom is 0.337 e. The highest BCUT2D eigenvalue weighted by molar-refractivity contribution is 6.20. The van der Waals surface area contributed by atoms with E-state index in [9.17, 15) is 19.2 Å². The molecule has 0 atom stereocenters. The van der Waals surface area contributed by atoms with Crippen molar-refractivity contribution >= 4 is 35.2 Å². The van der Waals surface area contributed by atoms with Gasteiger partial charge in [0, 0.05) is 12.2 Å². The van der Waals surface area contributed by atoms with Gasteiger partial charge < -0.3 is 25.4 Å². The first-order valence-electron chi connectivity index (χ1n) is 8.15. The zero-order chi connectivity index (χ0) is 19.6. The van der Waals surface area contributed by atoms with E-state index in [1.165, 1.54) is 18.1 Å². The number of rotatable bonds is 6. The number of nitrogens with one attached hydrogen (secondary N) is 2. The van der Waals surface area contributed by atoms with Crippen molar-refractivity contribution in [3.05, 3.63) is 35.5 Å². The van der Waals surface area contributed by atoms with Gasteiger partial charge >= 0.3 is 12.0 Å². The minimum absolute atomic E-state index is 0.0150. The number of carbonyl (C=O) groups is 4. The largest absolute Gasteiger partial charge is 0.466 e. The van der Waals surface area contributed by atoms with Gasteiger partial charge in [-0.25, -0.2) is 14.5 Å². The number of β-amino-alcohol motifs (C(OH)–C–C–N with tert-alkyl or cyclic N) is 1. The predicted octanol–water partition coefficient (Wildman–Crippen LogP) is -0.584. The predicted molar refractivity (Wildman–Crippen MR) is 93.7 cm³/mol. The molecule has 2 heterocycles. The molecule has 0 bridgehead atoms. The Bertz CT molecular complexity index is 834. The van der Waals surface area contributed by atoms with Crippen LogP contribution in [0.5, 0.6) is 0 Å². The number of amides is 4. The van der Waals surface area contributed by atoms with E-state index in [1.807, 2.05) is 0 Å². The fraction of sp³-hybridized carbons (Fsp3) is 0.294. The highest BCUT2D eigenvalue weighted by Crippen LogP contribution is 2.26. The van der Waals surface area contributed by atoms with Crippen molar-refractivity contribution in [2.45, 2.75) is 0 Å². The number of hydrogen-bond donors (Lipinski definition) is 3. The van der Waals surface area contributed by atoms with Crippen molar-refractivity contribution in [1.29, 1.82) is 0 Å². The second-order valence-corrected chi connectivity index (χ2v) is 5.86. The molecule has 27 heavy (non-hydrogen) atoms. The summed E-state index contributed by atoms with van der Waals surface area (Å²) in [6.45, 7) is -0.230. The summed E-state index contributed by atoms with van der Waals surface area (Å²) in [5.41, 5.74) is 0.912. The van der Waals surface area contributed by atoms with Gasteiger partial charge in [-0.1, -0.05) is 6.07 Å². The number of aliphatic hydroxyl groups excluding tert-OH is 1.